The average Bonchev–Trinajstić information content (AvgIpc) is 2.45. The van der Waals surface area contributed by atoms with Crippen LogP contribution < -0.4 is 0 Å². The number of carbonyl (C=O) groups is 1. The lowest BCUT2D eigenvalue weighted by atomic mass is 9.93. The van der Waals surface area contributed by atoms with Gasteiger partial charge >= 0.3 is 0 Å². The van der Waals surface area contributed by atoms with Crippen LogP contribution in [0.4, 0.5) is 0 Å². The minimum absolute atomic E-state index is 0.0253. The fraction of sp³-hybridized carbons (Fsp3) is 0.933. The monoisotopic (exact) mass is 331 g/mol. The SMILES string of the molecule is CC(C)C1CN(C)CCN1C(=O)C1CCN(S(C)(=O)=O)CC1. The third-order valence-electron chi connectivity index (χ3n) is 4.95. The number of nitrogens with zero attached hydrogens (tertiary/aromatic N) is 3. The van der Waals surface area contributed by atoms with Gasteiger partial charge in [0.05, 0.1) is 6.26 Å². The lowest BCUT2D eigenvalue weighted by molar-refractivity contribution is -0.142. The molecule has 2 fully saturated rings. The van der Waals surface area contributed by atoms with Gasteiger partial charge in [0.2, 0.25) is 15.9 Å². The molecule has 0 aliphatic carbocycles. The van der Waals surface area contributed by atoms with Crippen molar-refractivity contribution in [3.63, 3.8) is 0 Å². The molecule has 0 aromatic carbocycles. The second-order valence-corrected chi connectivity index (χ2v) is 9.02. The predicted molar refractivity (Wildman–Crippen MR) is 87.0 cm³/mol. The molecular weight excluding hydrogens is 302 g/mol. The lowest BCUT2D eigenvalue weighted by Crippen LogP contribution is -2.58. The summed E-state index contributed by atoms with van der Waals surface area (Å²) in [5.74, 6) is 0.630. The first-order chi connectivity index (χ1) is 10.2. The smallest absolute Gasteiger partial charge is 0.226 e. The molecule has 1 atom stereocenters. The number of rotatable bonds is 3. The van der Waals surface area contributed by atoms with E-state index in [0.29, 0.717) is 31.8 Å². The fourth-order valence-corrected chi connectivity index (χ4v) is 4.34. The van der Waals surface area contributed by atoms with E-state index in [-0.39, 0.29) is 17.9 Å². The highest BCUT2D eigenvalue weighted by Crippen LogP contribution is 2.25. The zero-order chi connectivity index (χ0) is 16.5. The van der Waals surface area contributed by atoms with Gasteiger partial charge in [0.25, 0.3) is 0 Å². The van der Waals surface area contributed by atoms with E-state index in [4.69, 9.17) is 0 Å². The van der Waals surface area contributed by atoms with Crippen LogP contribution in [0.25, 0.3) is 0 Å². The van der Waals surface area contributed by atoms with Crippen molar-refractivity contribution in [3.8, 4) is 0 Å². The van der Waals surface area contributed by atoms with Crippen molar-refractivity contribution in [3.05, 3.63) is 0 Å². The van der Waals surface area contributed by atoms with Gasteiger partial charge in [-0.25, -0.2) is 12.7 Å². The molecule has 0 aromatic rings. The zero-order valence-electron chi connectivity index (χ0n) is 14.2. The highest BCUT2D eigenvalue weighted by Gasteiger charge is 2.36. The lowest BCUT2D eigenvalue weighted by Gasteiger charge is -2.44. The molecular formula is C15H29N3O3S. The number of piperazine rings is 1. The largest absolute Gasteiger partial charge is 0.337 e. The molecule has 1 unspecified atom stereocenters. The topological polar surface area (TPSA) is 60.9 Å². The quantitative estimate of drug-likeness (QED) is 0.754. The highest BCUT2D eigenvalue weighted by molar-refractivity contribution is 7.88. The highest BCUT2D eigenvalue weighted by atomic mass is 32.2. The zero-order valence-corrected chi connectivity index (χ0v) is 15.0. The summed E-state index contributed by atoms with van der Waals surface area (Å²) in [4.78, 5) is 17.2. The molecule has 6 nitrogen and oxygen atoms in total. The number of piperidine rings is 1. The van der Waals surface area contributed by atoms with Gasteiger partial charge < -0.3 is 9.80 Å². The van der Waals surface area contributed by atoms with Gasteiger partial charge in [0, 0.05) is 44.7 Å². The van der Waals surface area contributed by atoms with Crippen LogP contribution in [0.1, 0.15) is 26.7 Å². The van der Waals surface area contributed by atoms with Gasteiger partial charge in [-0.05, 0) is 25.8 Å². The summed E-state index contributed by atoms with van der Waals surface area (Å²) >= 11 is 0. The molecule has 2 rings (SSSR count). The minimum Gasteiger partial charge on any atom is -0.337 e. The van der Waals surface area contributed by atoms with Gasteiger partial charge in [-0.1, -0.05) is 13.8 Å². The van der Waals surface area contributed by atoms with Crippen molar-refractivity contribution >= 4 is 15.9 Å². The molecule has 128 valence electrons. The van der Waals surface area contributed by atoms with Crippen LogP contribution >= 0.6 is 0 Å². The Morgan fingerprint density at radius 3 is 2.18 bits per heavy atom. The Labute approximate surface area is 134 Å². The van der Waals surface area contributed by atoms with Gasteiger partial charge in [0.15, 0.2) is 0 Å². The molecule has 0 saturated carbocycles. The van der Waals surface area contributed by atoms with Gasteiger partial charge in [-0.3, -0.25) is 4.79 Å². The normalized spacial score (nSPS) is 26.6. The number of amides is 1. The van der Waals surface area contributed by atoms with Gasteiger partial charge in [0.1, 0.15) is 0 Å². The second kappa shape index (κ2) is 6.84. The first-order valence-electron chi connectivity index (χ1n) is 8.14. The van der Waals surface area contributed by atoms with E-state index in [0.717, 1.165) is 19.6 Å². The first kappa shape index (κ1) is 17.7. The van der Waals surface area contributed by atoms with E-state index < -0.39 is 10.0 Å². The maximum absolute atomic E-state index is 12.9. The maximum Gasteiger partial charge on any atom is 0.226 e. The van der Waals surface area contributed by atoms with Crippen LogP contribution in [-0.4, -0.2) is 80.5 Å². The Balaban J connectivity index is 1.99. The number of carbonyl (C=O) groups excluding carboxylic acids is 1. The molecule has 2 heterocycles. The van der Waals surface area contributed by atoms with Crippen molar-refractivity contribution in [1.82, 2.24) is 14.1 Å². The Morgan fingerprint density at radius 1 is 1.09 bits per heavy atom. The van der Waals surface area contributed by atoms with Crippen LogP contribution in [0.15, 0.2) is 0 Å². The Kier molecular flexibility index (Phi) is 5.50. The summed E-state index contributed by atoms with van der Waals surface area (Å²) in [5, 5.41) is 0. The van der Waals surface area contributed by atoms with Crippen molar-refractivity contribution in [2.24, 2.45) is 11.8 Å². The molecule has 22 heavy (non-hydrogen) atoms. The number of hydrogen-bond donors (Lipinski definition) is 0. The van der Waals surface area contributed by atoms with E-state index in [1.54, 1.807) is 0 Å². The van der Waals surface area contributed by atoms with Crippen LogP contribution in [-0.2, 0) is 14.8 Å². The molecule has 0 bridgehead atoms. The Morgan fingerprint density at radius 2 is 1.68 bits per heavy atom. The number of hydrogen-bond acceptors (Lipinski definition) is 4. The molecule has 2 saturated heterocycles. The van der Waals surface area contributed by atoms with Crippen molar-refractivity contribution in [2.45, 2.75) is 32.7 Å². The third-order valence-corrected chi connectivity index (χ3v) is 6.25. The number of likely N-dealkylation sites (N-methyl/N-ethyl adjacent to an activating group) is 1. The Hall–Kier alpha value is -0.660. The molecule has 7 heteroatoms. The van der Waals surface area contributed by atoms with Crippen LogP contribution in [0.2, 0.25) is 0 Å². The summed E-state index contributed by atoms with van der Waals surface area (Å²) in [7, 11) is -1.03. The van der Waals surface area contributed by atoms with Crippen molar-refractivity contribution in [2.75, 3.05) is 46.0 Å². The standard InChI is InChI=1S/C15H29N3O3S/c1-12(2)14-11-16(3)9-10-18(14)15(19)13-5-7-17(8-6-13)22(4,20)21/h12-14H,5-11H2,1-4H3. The fourth-order valence-electron chi connectivity index (χ4n) is 3.47. The third kappa shape index (κ3) is 4.00. The Bertz CT molecular complexity index is 498. The molecule has 0 aromatic heterocycles. The van der Waals surface area contributed by atoms with Crippen molar-refractivity contribution in [1.29, 1.82) is 0 Å². The molecule has 0 spiro atoms. The van der Waals surface area contributed by atoms with E-state index in [9.17, 15) is 13.2 Å². The average molecular weight is 331 g/mol. The predicted octanol–water partition coefficient (Wildman–Crippen LogP) is 0.457. The molecule has 0 radical (unpaired) electrons. The number of sulfonamides is 1. The summed E-state index contributed by atoms with van der Waals surface area (Å²) < 4.78 is 24.6. The summed E-state index contributed by atoms with van der Waals surface area (Å²) in [6.45, 7) is 7.88. The molecule has 0 N–H and O–H groups in total. The molecule has 2 aliphatic heterocycles. The van der Waals surface area contributed by atoms with Crippen LogP contribution in [0.5, 0.6) is 0 Å². The summed E-state index contributed by atoms with van der Waals surface area (Å²) in [5.41, 5.74) is 0. The van der Waals surface area contributed by atoms with E-state index in [2.05, 4.69) is 25.8 Å². The van der Waals surface area contributed by atoms with Crippen molar-refractivity contribution < 1.29 is 13.2 Å². The second-order valence-electron chi connectivity index (χ2n) is 7.04. The van der Waals surface area contributed by atoms with Gasteiger partial charge in [-0.2, -0.15) is 0 Å². The molecule has 2 aliphatic rings. The summed E-state index contributed by atoms with van der Waals surface area (Å²) in [6, 6.07) is 0.263. The molecule has 1 amide bonds. The van der Waals surface area contributed by atoms with Crippen LogP contribution in [0.3, 0.4) is 0 Å². The van der Waals surface area contributed by atoms with Gasteiger partial charge in [-0.15, -0.1) is 0 Å². The first-order valence-corrected chi connectivity index (χ1v) is 9.99. The van der Waals surface area contributed by atoms with Crippen LogP contribution in [0, 0.1) is 11.8 Å². The van der Waals surface area contributed by atoms with E-state index in [1.807, 2.05) is 4.90 Å². The summed E-state index contributed by atoms with van der Waals surface area (Å²) in [6.07, 6.45) is 2.52. The minimum atomic E-state index is -3.13. The maximum atomic E-state index is 12.9. The van der Waals surface area contributed by atoms with E-state index >= 15 is 0 Å². The van der Waals surface area contributed by atoms with E-state index in [1.165, 1.54) is 10.6 Å².